The molecule has 1 aliphatic rings. The number of hydrogen-bond donors (Lipinski definition) is 3. The maximum atomic E-state index is 13.0. The Balaban J connectivity index is 1.66. The van der Waals surface area contributed by atoms with Gasteiger partial charge in [-0.3, -0.25) is 9.59 Å². The number of fused-ring (bicyclic) bond motifs is 3. The van der Waals surface area contributed by atoms with E-state index in [1.54, 1.807) is 0 Å². The third kappa shape index (κ3) is 5.95. The van der Waals surface area contributed by atoms with Gasteiger partial charge in [0.25, 0.3) is 0 Å². The number of ether oxygens (including phenoxy) is 1. The number of hydrogen-bond acceptors (Lipinski definition) is 4. The van der Waals surface area contributed by atoms with Gasteiger partial charge in [-0.1, -0.05) is 82.1 Å². The zero-order valence-corrected chi connectivity index (χ0v) is 20.0. The first-order chi connectivity index (χ1) is 16.3. The molecule has 7 heteroatoms. The Kier molecular flexibility index (Phi) is 8.68. The van der Waals surface area contributed by atoms with Gasteiger partial charge in [0.05, 0.1) is 6.42 Å². The molecule has 0 aromatic heterocycles. The van der Waals surface area contributed by atoms with E-state index in [0.717, 1.165) is 28.7 Å². The monoisotopic (exact) mass is 466 g/mol. The summed E-state index contributed by atoms with van der Waals surface area (Å²) in [5.41, 5.74) is 4.52. The van der Waals surface area contributed by atoms with Crippen molar-refractivity contribution in [1.82, 2.24) is 10.6 Å². The second-order valence-electron chi connectivity index (χ2n) is 8.93. The summed E-state index contributed by atoms with van der Waals surface area (Å²) in [6.45, 7) is 5.90. The van der Waals surface area contributed by atoms with E-state index in [4.69, 9.17) is 9.84 Å². The summed E-state index contributed by atoms with van der Waals surface area (Å²) in [7, 11) is 0. The maximum Gasteiger partial charge on any atom is 0.407 e. The summed E-state index contributed by atoms with van der Waals surface area (Å²) >= 11 is 0. The van der Waals surface area contributed by atoms with E-state index in [-0.39, 0.29) is 30.8 Å². The highest BCUT2D eigenvalue weighted by Crippen LogP contribution is 2.44. The van der Waals surface area contributed by atoms with Crippen molar-refractivity contribution in [2.24, 2.45) is 5.92 Å². The van der Waals surface area contributed by atoms with E-state index >= 15 is 0 Å². The van der Waals surface area contributed by atoms with Crippen LogP contribution in [0.4, 0.5) is 4.79 Å². The molecule has 0 spiro atoms. The molecule has 3 rings (SSSR count). The van der Waals surface area contributed by atoms with Crippen LogP contribution in [0.2, 0.25) is 0 Å². The first-order valence-corrected chi connectivity index (χ1v) is 12.0. The molecule has 2 aromatic rings. The van der Waals surface area contributed by atoms with Crippen molar-refractivity contribution in [2.45, 2.75) is 64.5 Å². The fourth-order valence-electron chi connectivity index (χ4n) is 4.54. The Morgan fingerprint density at radius 1 is 0.971 bits per heavy atom. The second kappa shape index (κ2) is 11.7. The Bertz CT molecular complexity index is 976. The largest absolute Gasteiger partial charge is 0.481 e. The highest BCUT2D eigenvalue weighted by molar-refractivity contribution is 5.86. The molecule has 7 nitrogen and oxygen atoms in total. The van der Waals surface area contributed by atoms with Crippen LogP contribution in [0, 0.1) is 5.92 Å². The SMILES string of the molecule is CCC[C@@H](CC(=O)O)NC(=O)[C@@H](NC(=O)OCC1c2ccccc2-c2ccccc21)C(C)CC. The molecule has 0 saturated carbocycles. The third-order valence-corrected chi connectivity index (χ3v) is 6.52. The molecule has 1 aliphatic carbocycles. The van der Waals surface area contributed by atoms with Crippen LogP contribution in [-0.2, 0) is 14.3 Å². The molecule has 0 bridgehead atoms. The number of rotatable bonds is 11. The lowest BCUT2D eigenvalue weighted by atomic mass is 9.97. The highest BCUT2D eigenvalue weighted by Gasteiger charge is 2.31. The predicted molar refractivity (Wildman–Crippen MR) is 131 cm³/mol. The van der Waals surface area contributed by atoms with Crippen molar-refractivity contribution in [3.63, 3.8) is 0 Å². The van der Waals surface area contributed by atoms with Crippen LogP contribution in [-0.4, -0.2) is 41.8 Å². The van der Waals surface area contributed by atoms with Gasteiger partial charge < -0.3 is 20.5 Å². The zero-order chi connectivity index (χ0) is 24.7. The van der Waals surface area contributed by atoms with Gasteiger partial charge in [-0.15, -0.1) is 0 Å². The lowest BCUT2D eigenvalue weighted by molar-refractivity contribution is -0.137. The van der Waals surface area contributed by atoms with Crippen molar-refractivity contribution < 1.29 is 24.2 Å². The Morgan fingerprint density at radius 3 is 2.09 bits per heavy atom. The minimum absolute atomic E-state index is 0.0708. The molecule has 0 saturated heterocycles. The molecule has 182 valence electrons. The van der Waals surface area contributed by atoms with E-state index in [1.165, 1.54) is 0 Å². The van der Waals surface area contributed by atoms with E-state index in [2.05, 4.69) is 22.8 Å². The lowest BCUT2D eigenvalue weighted by Gasteiger charge is -2.26. The van der Waals surface area contributed by atoms with Gasteiger partial charge in [0, 0.05) is 12.0 Å². The lowest BCUT2D eigenvalue weighted by Crippen LogP contribution is -2.53. The molecule has 0 aliphatic heterocycles. The number of alkyl carbamates (subject to hydrolysis) is 1. The third-order valence-electron chi connectivity index (χ3n) is 6.52. The van der Waals surface area contributed by atoms with Crippen molar-refractivity contribution >= 4 is 18.0 Å². The fourth-order valence-corrected chi connectivity index (χ4v) is 4.54. The van der Waals surface area contributed by atoms with Crippen LogP contribution in [0.1, 0.15) is 63.5 Å². The number of aliphatic carboxylic acids is 1. The summed E-state index contributed by atoms with van der Waals surface area (Å²) < 4.78 is 5.61. The molecule has 3 N–H and O–H groups in total. The van der Waals surface area contributed by atoms with E-state index in [0.29, 0.717) is 12.8 Å². The van der Waals surface area contributed by atoms with Gasteiger partial charge in [0.2, 0.25) is 5.91 Å². The Labute approximate surface area is 200 Å². The number of amides is 2. The molecule has 34 heavy (non-hydrogen) atoms. The van der Waals surface area contributed by atoms with Crippen LogP contribution in [0.3, 0.4) is 0 Å². The minimum atomic E-state index is -0.969. The van der Waals surface area contributed by atoms with Gasteiger partial charge in [0.15, 0.2) is 0 Å². The summed E-state index contributed by atoms with van der Waals surface area (Å²) in [6.07, 6.45) is 1.15. The smallest absolute Gasteiger partial charge is 0.407 e. The van der Waals surface area contributed by atoms with Crippen molar-refractivity contribution in [3.05, 3.63) is 59.7 Å². The summed E-state index contributed by atoms with van der Waals surface area (Å²) in [6, 6.07) is 14.9. The van der Waals surface area contributed by atoms with Gasteiger partial charge in [-0.05, 0) is 34.6 Å². The second-order valence-corrected chi connectivity index (χ2v) is 8.93. The van der Waals surface area contributed by atoms with Crippen LogP contribution in [0.15, 0.2) is 48.5 Å². The molecule has 2 amide bonds. The van der Waals surface area contributed by atoms with Gasteiger partial charge >= 0.3 is 12.1 Å². The predicted octanol–water partition coefficient (Wildman–Crippen LogP) is 4.70. The van der Waals surface area contributed by atoms with Crippen molar-refractivity contribution in [2.75, 3.05) is 6.61 Å². The van der Waals surface area contributed by atoms with Gasteiger partial charge in [0.1, 0.15) is 12.6 Å². The number of benzene rings is 2. The number of carbonyl (C=O) groups is 3. The van der Waals surface area contributed by atoms with Crippen molar-refractivity contribution in [1.29, 1.82) is 0 Å². The first kappa shape index (κ1) is 25.3. The van der Waals surface area contributed by atoms with E-state index in [1.807, 2.05) is 57.2 Å². The average molecular weight is 467 g/mol. The maximum absolute atomic E-state index is 13.0. The van der Waals surface area contributed by atoms with E-state index < -0.39 is 24.1 Å². The first-order valence-electron chi connectivity index (χ1n) is 12.0. The summed E-state index contributed by atoms with van der Waals surface area (Å²) in [5.74, 6) is -1.57. The fraction of sp³-hybridized carbons (Fsp3) is 0.444. The molecule has 1 unspecified atom stereocenters. The van der Waals surface area contributed by atoms with Crippen LogP contribution >= 0.6 is 0 Å². The Hall–Kier alpha value is -3.35. The molecular formula is C27H34N2O5. The molecule has 0 radical (unpaired) electrons. The molecule has 0 fully saturated rings. The minimum Gasteiger partial charge on any atom is -0.481 e. The quantitative estimate of drug-likeness (QED) is 0.445. The number of nitrogens with one attached hydrogen (secondary N) is 2. The zero-order valence-electron chi connectivity index (χ0n) is 20.0. The number of carboxylic acids is 1. The van der Waals surface area contributed by atoms with Gasteiger partial charge in [-0.2, -0.15) is 0 Å². The summed E-state index contributed by atoms with van der Waals surface area (Å²) in [5, 5.41) is 14.7. The number of carboxylic acid groups (broad SMARTS) is 1. The number of carbonyl (C=O) groups excluding carboxylic acids is 2. The average Bonchev–Trinajstić information content (AvgIpc) is 3.14. The normalized spacial score (nSPS) is 14.9. The van der Waals surface area contributed by atoms with E-state index in [9.17, 15) is 14.4 Å². The molecule has 3 atom stereocenters. The highest BCUT2D eigenvalue weighted by atomic mass is 16.5. The molecular weight excluding hydrogens is 432 g/mol. The molecule has 2 aromatic carbocycles. The van der Waals surface area contributed by atoms with Crippen molar-refractivity contribution in [3.8, 4) is 11.1 Å². The standard InChI is InChI=1S/C27H34N2O5/c1-4-10-18(15-24(30)31)28-26(32)25(17(3)5-2)29-27(33)34-16-23-21-13-8-6-11-19(21)20-12-7-9-14-22(20)23/h6-9,11-14,17-18,23,25H,4-5,10,15-16H2,1-3H3,(H,28,32)(H,29,33)(H,30,31)/t17?,18-,25-/m0/s1. The summed E-state index contributed by atoms with van der Waals surface area (Å²) in [4.78, 5) is 36.8. The topological polar surface area (TPSA) is 105 Å². The Morgan fingerprint density at radius 2 is 1.56 bits per heavy atom. The molecule has 0 heterocycles. The van der Waals surface area contributed by atoms with Crippen LogP contribution < -0.4 is 10.6 Å². The van der Waals surface area contributed by atoms with Crippen LogP contribution in [0.25, 0.3) is 11.1 Å². The van der Waals surface area contributed by atoms with Gasteiger partial charge in [-0.25, -0.2) is 4.79 Å². The van der Waals surface area contributed by atoms with Crippen LogP contribution in [0.5, 0.6) is 0 Å².